The lowest BCUT2D eigenvalue weighted by molar-refractivity contribution is -0.750. The number of nitrogens with zero attached hydrogens (tertiary/aromatic N) is 5. The van der Waals surface area contributed by atoms with Crippen LogP contribution in [0.2, 0.25) is 0 Å². The number of carbonyl (C=O) groups excluding carboxylic acids is 2. The number of fused-ring (bicyclic) bond motifs is 1. The number of halogens is 3. The van der Waals surface area contributed by atoms with Crippen molar-refractivity contribution in [2.45, 2.75) is 19.2 Å². The van der Waals surface area contributed by atoms with Gasteiger partial charge in [-0.1, -0.05) is 0 Å². The Labute approximate surface area is 233 Å². The van der Waals surface area contributed by atoms with Gasteiger partial charge in [0.05, 0.1) is 36.7 Å². The van der Waals surface area contributed by atoms with E-state index in [1.165, 1.54) is 12.1 Å². The van der Waals surface area contributed by atoms with Crippen LogP contribution in [0.1, 0.15) is 28.4 Å². The van der Waals surface area contributed by atoms with Gasteiger partial charge < -0.3 is 19.7 Å². The maximum Gasteiger partial charge on any atom is 0.416 e. The number of amidine groups is 1. The van der Waals surface area contributed by atoms with Crippen LogP contribution in [0, 0.1) is 0 Å². The highest BCUT2D eigenvalue weighted by molar-refractivity contribution is 6.05. The van der Waals surface area contributed by atoms with Gasteiger partial charge in [-0.15, -0.1) is 4.59 Å². The number of nitrogens with one attached hydrogen (secondary N) is 1. The molecule has 3 aliphatic rings. The van der Waals surface area contributed by atoms with E-state index in [0.717, 1.165) is 18.3 Å². The Hall–Kier alpha value is -4.24. The SMILES string of the molecule is CCOCC(=O)N1CCO[C@@H](C2=C3C=NC=C[N+]3(N)C(c3ccc(C(=O)Nc4cc(C(F)(F)F)ccn4)cc3)=N2)C1. The van der Waals surface area contributed by atoms with E-state index in [2.05, 4.69) is 15.3 Å². The Morgan fingerprint density at radius 2 is 2.02 bits per heavy atom. The first-order chi connectivity index (χ1) is 19.6. The third kappa shape index (κ3) is 5.81. The van der Waals surface area contributed by atoms with Crippen molar-refractivity contribution in [2.24, 2.45) is 15.8 Å². The predicted molar refractivity (Wildman–Crippen MR) is 142 cm³/mol. The lowest BCUT2D eigenvalue weighted by atomic mass is 10.1. The monoisotopic (exact) mass is 570 g/mol. The molecule has 4 heterocycles. The molecule has 1 fully saturated rings. The van der Waals surface area contributed by atoms with Gasteiger partial charge in [0.2, 0.25) is 11.6 Å². The number of aromatic nitrogens is 1. The van der Waals surface area contributed by atoms with Gasteiger partial charge in [-0.2, -0.15) is 24.0 Å². The normalized spacial score (nSPS) is 22.0. The van der Waals surface area contributed by atoms with Gasteiger partial charge in [-0.3, -0.25) is 14.6 Å². The average molecular weight is 571 g/mol. The van der Waals surface area contributed by atoms with Gasteiger partial charge in [0.1, 0.15) is 30.4 Å². The van der Waals surface area contributed by atoms with Gasteiger partial charge in [0, 0.05) is 24.9 Å². The second kappa shape index (κ2) is 11.3. The Balaban J connectivity index is 1.36. The molecule has 214 valence electrons. The Bertz CT molecular complexity index is 1470. The van der Waals surface area contributed by atoms with Gasteiger partial charge >= 0.3 is 6.18 Å². The number of carbonyl (C=O) groups is 2. The summed E-state index contributed by atoms with van der Waals surface area (Å²) in [5.74, 6) is 6.21. The maximum absolute atomic E-state index is 13.0. The number of alkyl halides is 3. The molecule has 2 amide bonds. The lowest BCUT2D eigenvalue weighted by Gasteiger charge is -2.33. The Kier molecular flexibility index (Phi) is 7.82. The number of anilines is 1. The molecule has 5 rings (SSSR count). The highest BCUT2D eigenvalue weighted by Crippen LogP contribution is 2.34. The number of hydrogen-bond donors (Lipinski definition) is 2. The molecular formula is C27H27F3N7O4+. The quantitative estimate of drug-likeness (QED) is 0.389. The van der Waals surface area contributed by atoms with Crippen molar-refractivity contribution in [3.63, 3.8) is 0 Å². The van der Waals surface area contributed by atoms with Crippen LogP contribution in [-0.2, 0) is 20.4 Å². The summed E-state index contributed by atoms with van der Waals surface area (Å²) in [7, 11) is 0. The molecule has 1 unspecified atom stereocenters. The second-order valence-electron chi connectivity index (χ2n) is 9.35. The van der Waals surface area contributed by atoms with Crippen LogP contribution in [0.5, 0.6) is 0 Å². The molecule has 0 radical (unpaired) electrons. The number of hydrogen-bond acceptors (Lipinski definition) is 8. The van der Waals surface area contributed by atoms with E-state index < -0.39 is 23.8 Å². The van der Waals surface area contributed by atoms with Gasteiger partial charge in [-0.25, -0.2) is 4.98 Å². The van der Waals surface area contributed by atoms with Crippen molar-refractivity contribution in [1.82, 2.24) is 9.88 Å². The number of aliphatic imine (C=N–C) groups is 2. The number of quaternary nitrogens is 1. The van der Waals surface area contributed by atoms with Crippen LogP contribution < -0.4 is 11.2 Å². The number of benzene rings is 1. The minimum absolute atomic E-state index is 0.0194. The van der Waals surface area contributed by atoms with Crippen LogP contribution in [0.3, 0.4) is 0 Å². The molecule has 3 N–H and O–H groups in total. The molecule has 11 nitrogen and oxygen atoms in total. The first kappa shape index (κ1) is 28.3. The summed E-state index contributed by atoms with van der Waals surface area (Å²) >= 11 is 0. The molecule has 0 spiro atoms. The fourth-order valence-electron chi connectivity index (χ4n) is 4.60. The summed E-state index contributed by atoms with van der Waals surface area (Å²) in [6.45, 7) is 3.24. The smallest absolute Gasteiger partial charge is 0.372 e. The molecule has 0 aliphatic carbocycles. The minimum atomic E-state index is -4.56. The number of allylic oxidation sites excluding steroid dienone is 1. The molecule has 1 aromatic heterocycles. The summed E-state index contributed by atoms with van der Waals surface area (Å²) in [6.07, 6.45) is 0.664. The number of morpholine rings is 1. The molecule has 0 saturated carbocycles. The number of nitrogens with two attached hydrogens (primary N) is 1. The summed E-state index contributed by atoms with van der Waals surface area (Å²) in [5.41, 5.74) is 0.966. The van der Waals surface area contributed by atoms with Crippen molar-refractivity contribution >= 4 is 29.7 Å². The summed E-state index contributed by atoms with van der Waals surface area (Å²) in [4.78, 5) is 39.8. The van der Waals surface area contributed by atoms with Crippen molar-refractivity contribution in [3.8, 4) is 0 Å². The Morgan fingerprint density at radius 1 is 1.24 bits per heavy atom. The van der Waals surface area contributed by atoms with E-state index in [1.54, 1.807) is 35.6 Å². The molecule has 1 saturated heterocycles. The third-order valence-electron chi connectivity index (χ3n) is 6.71. The van der Waals surface area contributed by atoms with Crippen LogP contribution in [-0.4, -0.2) is 77.4 Å². The zero-order valence-corrected chi connectivity index (χ0v) is 22.0. The van der Waals surface area contributed by atoms with E-state index in [1.807, 2.05) is 6.92 Å². The maximum atomic E-state index is 13.0. The van der Waals surface area contributed by atoms with Gasteiger partial charge in [0.25, 0.3) is 11.7 Å². The molecule has 2 aromatic rings. The molecular weight excluding hydrogens is 543 g/mol. The van der Waals surface area contributed by atoms with Crippen LogP contribution in [0.25, 0.3) is 0 Å². The van der Waals surface area contributed by atoms with E-state index >= 15 is 0 Å². The van der Waals surface area contributed by atoms with Gasteiger partial charge in [0.15, 0.2) is 0 Å². The van der Waals surface area contributed by atoms with Crippen LogP contribution in [0.15, 0.2) is 76.4 Å². The summed E-state index contributed by atoms with van der Waals surface area (Å²) in [5, 5.41) is 2.39. The lowest BCUT2D eigenvalue weighted by Crippen LogP contribution is -2.53. The van der Waals surface area contributed by atoms with Crippen molar-refractivity contribution in [2.75, 3.05) is 38.2 Å². The van der Waals surface area contributed by atoms with Crippen molar-refractivity contribution in [1.29, 1.82) is 0 Å². The second-order valence-corrected chi connectivity index (χ2v) is 9.35. The predicted octanol–water partition coefficient (Wildman–Crippen LogP) is 2.83. The summed E-state index contributed by atoms with van der Waals surface area (Å²) in [6, 6.07) is 7.89. The highest BCUT2D eigenvalue weighted by Gasteiger charge is 2.47. The number of rotatable bonds is 7. The first-order valence-corrected chi connectivity index (χ1v) is 12.7. The van der Waals surface area contributed by atoms with E-state index in [0.29, 0.717) is 42.6 Å². The van der Waals surface area contributed by atoms with Gasteiger partial charge in [-0.05, 0) is 43.3 Å². The molecule has 3 aliphatic heterocycles. The zero-order chi connectivity index (χ0) is 29.2. The molecule has 1 aromatic carbocycles. The fourth-order valence-corrected chi connectivity index (χ4v) is 4.60. The van der Waals surface area contributed by atoms with Crippen LogP contribution in [0.4, 0.5) is 19.0 Å². The molecule has 14 heteroatoms. The first-order valence-electron chi connectivity index (χ1n) is 12.7. The largest absolute Gasteiger partial charge is 0.416 e. The number of pyridine rings is 1. The Morgan fingerprint density at radius 3 is 2.76 bits per heavy atom. The molecule has 2 atom stereocenters. The zero-order valence-electron chi connectivity index (χ0n) is 22.0. The minimum Gasteiger partial charge on any atom is -0.372 e. The number of amides is 2. The molecule has 0 bridgehead atoms. The number of ether oxygens (including phenoxy) is 2. The standard InChI is InChI=1S/C27H26F3N7O4/c1-2-40-16-23(38)36-10-12-41-21(15-36)24-20-14-32-9-11-37(20,31)25(35-24)17-3-5-18(6-4-17)26(39)34-22-13-19(7-8-33-22)27(28,29)30/h3-9,11,13-14,21H,2,10,12,15-16,31H2,1H3/p+1/t21-,37?/m1/s1. The highest BCUT2D eigenvalue weighted by atomic mass is 19.4. The van der Waals surface area contributed by atoms with Crippen molar-refractivity contribution in [3.05, 3.63) is 83.1 Å². The molecule has 41 heavy (non-hydrogen) atoms. The topological polar surface area (TPSA) is 132 Å². The van der Waals surface area contributed by atoms with E-state index in [-0.39, 0.29) is 35.0 Å². The van der Waals surface area contributed by atoms with E-state index in [4.69, 9.17) is 20.3 Å². The third-order valence-corrected chi connectivity index (χ3v) is 6.71. The summed E-state index contributed by atoms with van der Waals surface area (Å²) < 4.78 is 50.0. The van der Waals surface area contributed by atoms with Crippen molar-refractivity contribution < 1.29 is 36.8 Å². The average Bonchev–Trinajstić information content (AvgIpc) is 3.28. The fraction of sp³-hybridized carbons (Fsp3) is 0.296. The van der Waals surface area contributed by atoms with E-state index in [9.17, 15) is 22.8 Å². The van der Waals surface area contributed by atoms with Crippen LogP contribution >= 0.6 is 0 Å².